The molecule has 2 aromatic carbocycles. The van der Waals surface area contributed by atoms with Crippen molar-refractivity contribution in [1.29, 1.82) is 0 Å². The number of ether oxygens (including phenoxy) is 2. The van der Waals surface area contributed by atoms with Crippen LogP contribution in [-0.2, 0) is 16.0 Å². The van der Waals surface area contributed by atoms with Crippen molar-refractivity contribution >= 4 is 23.0 Å². The number of aliphatic imine (C=N–C) groups is 1. The van der Waals surface area contributed by atoms with E-state index in [-0.39, 0.29) is 12.5 Å². The van der Waals surface area contributed by atoms with Gasteiger partial charge in [-0.1, -0.05) is 38.1 Å². The summed E-state index contributed by atoms with van der Waals surface area (Å²) >= 11 is 0. The number of amides is 1. The van der Waals surface area contributed by atoms with Crippen LogP contribution in [0.4, 0.5) is 5.69 Å². The van der Waals surface area contributed by atoms with Crippen LogP contribution in [0.15, 0.2) is 53.5 Å². The lowest BCUT2D eigenvalue weighted by molar-refractivity contribution is -0.126. The molecule has 6 nitrogen and oxygen atoms in total. The molecule has 0 atom stereocenters. The molecule has 1 fully saturated rings. The second-order valence-corrected chi connectivity index (χ2v) is 7.66. The van der Waals surface area contributed by atoms with Gasteiger partial charge in [-0.2, -0.15) is 0 Å². The first-order valence-corrected chi connectivity index (χ1v) is 11.4. The summed E-state index contributed by atoms with van der Waals surface area (Å²) < 4.78 is 10.9. The third kappa shape index (κ3) is 4.28. The van der Waals surface area contributed by atoms with E-state index in [0.29, 0.717) is 6.54 Å². The van der Waals surface area contributed by atoms with E-state index < -0.39 is 0 Å². The minimum absolute atomic E-state index is 0.0431. The number of morpholine rings is 1. The highest BCUT2D eigenvalue weighted by molar-refractivity contribution is 6.15. The zero-order valence-electron chi connectivity index (χ0n) is 19.1. The van der Waals surface area contributed by atoms with Gasteiger partial charge >= 0.3 is 0 Å². The van der Waals surface area contributed by atoms with Gasteiger partial charge in [0.25, 0.3) is 0 Å². The minimum Gasteiger partial charge on any atom is -0.497 e. The van der Waals surface area contributed by atoms with Crippen molar-refractivity contribution < 1.29 is 14.3 Å². The number of hydrogen-bond donors (Lipinski definition) is 0. The van der Waals surface area contributed by atoms with Gasteiger partial charge in [0.1, 0.15) is 12.3 Å². The second-order valence-electron chi connectivity index (χ2n) is 7.66. The van der Waals surface area contributed by atoms with Gasteiger partial charge in [0.05, 0.1) is 31.7 Å². The van der Waals surface area contributed by atoms with Gasteiger partial charge in [-0.3, -0.25) is 9.79 Å². The molecule has 3 heterocycles. The summed E-state index contributed by atoms with van der Waals surface area (Å²) in [5.41, 5.74) is 6.39. The summed E-state index contributed by atoms with van der Waals surface area (Å²) in [5.74, 6) is 0.821. The monoisotopic (exact) mass is 433 g/mol. The van der Waals surface area contributed by atoms with E-state index >= 15 is 0 Å². The fourth-order valence-electron chi connectivity index (χ4n) is 4.45. The van der Waals surface area contributed by atoms with Crippen LogP contribution in [0.5, 0.6) is 5.75 Å². The summed E-state index contributed by atoms with van der Waals surface area (Å²) in [7, 11) is 1.66. The molecular weight excluding hydrogens is 402 g/mol. The predicted molar refractivity (Wildman–Crippen MR) is 129 cm³/mol. The lowest BCUT2D eigenvalue weighted by Gasteiger charge is -2.36. The van der Waals surface area contributed by atoms with Crippen LogP contribution >= 0.6 is 0 Å². The Labute approximate surface area is 190 Å². The van der Waals surface area contributed by atoms with E-state index in [1.54, 1.807) is 7.11 Å². The molecule has 1 amide bonds. The molecular formula is C26H31N3O3. The number of allylic oxidation sites excluding steroid dienone is 1. The molecule has 1 saturated heterocycles. The third-order valence-corrected chi connectivity index (χ3v) is 5.98. The zero-order chi connectivity index (χ0) is 22.5. The summed E-state index contributed by atoms with van der Waals surface area (Å²) in [6.07, 6.45) is 2.90. The highest BCUT2D eigenvalue weighted by Crippen LogP contribution is 2.36. The predicted octanol–water partition coefficient (Wildman–Crippen LogP) is 3.79. The van der Waals surface area contributed by atoms with Crippen molar-refractivity contribution in [3.8, 4) is 5.75 Å². The van der Waals surface area contributed by atoms with Crippen molar-refractivity contribution in [3.63, 3.8) is 0 Å². The second kappa shape index (κ2) is 10.0. The van der Waals surface area contributed by atoms with E-state index in [1.807, 2.05) is 43.0 Å². The van der Waals surface area contributed by atoms with E-state index in [0.717, 1.165) is 61.0 Å². The smallest absolute Gasteiger partial charge is 0.248 e. The number of benzene rings is 2. The molecule has 0 N–H and O–H groups in total. The molecule has 0 unspecified atom stereocenters. The first-order valence-electron chi connectivity index (χ1n) is 11.4. The topological polar surface area (TPSA) is 54.4 Å². The molecule has 168 valence electrons. The Kier molecular flexibility index (Phi) is 6.90. The van der Waals surface area contributed by atoms with Gasteiger partial charge in [-0.25, -0.2) is 0 Å². The van der Waals surface area contributed by atoms with Crippen LogP contribution < -0.4 is 9.64 Å². The fourth-order valence-corrected chi connectivity index (χ4v) is 4.45. The number of fused-ring (bicyclic) bond motifs is 3. The maximum Gasteiger partial charge on any atom is 0.248 e. The Morgan fingerprint density at radius 1 is 1.03 bits per heavy atom. The first-order chi connectivity index (χ1) is 15.7. The molecule has 0 bridgehead atoms. The minimum atomic E-state index is 0.0431. The first kappa shape index (κ1) is 22.1. The molecule has 6 heteroatoms. The summed E-state index contributed by atoms with van der Waals surface area (Å²) in [4.78, 5) is 21.8. The lowest BCUT2D eigenvalue weighted by atomic mass is 9.92. The van der Waals surface area contributed by atoms with Crippen LogP contribution in [0.1, 0.15) is 30.5 Å². The lowest BCUT2D eigenvalue weighted by Crippen LogP contribution is -2.39. The van der Waals surface area contributed by atoms with Crippen LogP contribution in [0, 0.1) is 0 Å². The average molecular weight is 434 g/mol. The number of carbonyl (C=O) groups excluding carboxylic acids is 1. The molecule has 32 heavy (non-hydrogen) atoms. The van der Waals surface area contributed by atoms with E-state index in [1.165, 1.54) is 11.3 Å². The molecule has 0 aromatic heterocycles. The average Bonchev–Trinajstić information content (AvgIpc) is 3.04. The number of methoxy groups -OCH3 is 1. The Bertz CT molecular complexity index is 1040. The molecule has 3 aliphatic rings. The van der Waals surface area contributed by atoms with E-state index in [9.17, 15) is 4.79 Å². The van der Waals surface area contributed by atoms with Gasteiger partial charge in [0, 0.05) is 36.4 Å². The van der Waals surface area contributed by atoms with Crippen molar-refractivity contribution in [2.24, 2.45) is 4.99 Å². The maximum absolute atomic E-state index is 12.9. The SMILES string of the molecule is CC.COc1cccc(C2=NCC(=O)N3CCc4c(cccc4N4CCOCC4)C3=C2)c1. The number of carbonyl (C=O) groups is 1. The van der Waals surface area contributed by atoms with Gasteiger partial charge in [0.2, 0.25) is 5.91 Å². The van der Waals surface area contributed by atoms with Gasteiger partial charge in [-0.15, -0.1) is 0 Å². The van der Waals surface area contributed by atoms with Crippen LogP contribution in [0.3, 0.4) is 0 Å². The summed E-state index contributed by atoms with van der Waals surface area (Å²) in [6, 6.07) is 14.2. The van der Waals surface area contributed by atoms with Gasteiger partial charge in [0.15, 0.2) is 0 Å². The van der Waals surface area contributed by atoms with Gasteiger partial charge in [-0.05, 0) is 36.3 Å². The molecule has 2 aromatic rings. The third-order valence-electron chi connectivity index (χ3n) is 5.98. The van der Waals surface area contributed by atoms with E-state index in [4.69, 9.17) is 9.47 Å². The summed E-state index contributed by atoms with van der Waals surface area (Å²) in [6.45, 7) is 8.14. The highest BCUT2D eigenvalue weighted by Gasteiger charge is 2.30. The Balaban J connectivity index is 0.00000119. The number of nitrogens with zero attached hydrogens (tertiary/aromatic N) is 3. The molecule has 0 radical (unpaired) electrons. The zero-order valence-corrected chi connectivity index (χ0v) is 19.1. The molecule has 0 saturated carbocycles. The van der Waals surface area contributed by atoms with Crippen molar-refractivity contribution in [3.05, 3.63) is 65.2 Å². The Morgan fingerprint density at radius 2 is 1.81 bits per heavy atom. The van der Waals surface area contributed by atoms with Crippen molar-refractivity contribution in [2.45, 2.75) is 20.3 Å². The quantitative estimate of drug-likeness (QED) is 0.739. The molecule has 5 rings (SSSR count). The highest BCUT2D eigenvalue weighted by atomic mass is 16.5. The number of anilines is 1. The standard InChI is InChI=1S/C24H25N3O3.C2H6/c1-29-18-5-2-4-17(14-18)21-15-23-19-6-3-7-22(26-10-12-30-13-11-26)20(19)8-9-27(23)24(28)16-25-21;1-2/h2-7,14-15H,8-13,16H2,1H3;1-2H3. The van der Waals surface area contributed by atoms with Crippen LogP contribution in [0.25, 0.3) is 5.70 Å². The molecule has 0 spiro atoms. The van der Waals surface area contributed by atoms with Crippen LogP contribution in [0.2, 0.25) is 0 Å². The summed E-state index contributed by atoms with van der Waals surface area (Å²) in [5, 5.41) is 0. The van der Waals surface area contributed by atoms with E-state index in [2.05, 4.69) is 34.2 Å². The Hall–Kier alpha value is -3.12. The molecule has 3 aliphatic heterocycles. The van der Waals surface area contributed by atoms with Crippen LogP contribution in [-0.4, -0.2) is 63.0 Å². The maximum atomic E-state index is 12.9. The van der Waals surface area contributed by atoms with Crippen molar-refractivity contribution in [2.75, 3.05) is 51.4 Å². The number of rotatable bonds is 3. The molecule has 0 aliphatic carbocycles. The normalized spacial score (nSPS) is 17.8. The fraction of sp³-hybridized carbons (Fsp3) is 0.385. The largest absolute Gasteiger partial charge is 0.497 e. The van der Waals surface area contributed by atoms with Gasteiger partial charge < -0.3 is 19.3 Å². The number of hydrogen-bond acceptors (Lipinski definition) is 5. The van der Waals surface area contributed by atoms with Crippen molar-refractivity contribution in [1.82, 2.24) is 4.90 Å². The Morgan fingerprint density at radius 3 is 2.59 bits per heavy atom.